The monoisotopic (exact) mass is 182 g/mol. The van der Waals surface area contributed by atoms with Gasteiger partial charge < -0.3 is 14.2 Å². The lowest BCUT2D eigenvalue weighted by atomic mass is 10.4. The van der Waals surface area contributed by atoms with Gasteiger partial charge in [-0.2, -0.15) is 0 Å². The molecule has 4 nitrogen and oxygen atoms in total. The summed E-state index contributed by atoms with van der Waals surface area (Å²) in [5.74, 6) is 0. The normalized spacial score (nSPS) is 12.3. The lowest BCUT2D eigenvalue weighted by Gasteiger charge is -2.10. The number of rotatable bonds is 4. The largest absolute Gasteiger partial charge is 0.509 e. The average molecular weight is 183 g/mol. The van der Waals surface area contributed by atoms with Crippen LogP contribution in [0.3, 0.4) is 0 Å². The molecule has 0 aliphatic heterocycles. The standard InChI is InChI=1S/C6H11ClO4/c1-5(3-9-2)11-6(8)10-4-7/h5H,3-4H2,1-2H3. The molecule has 0 amide bonds. The molecule has 0 aliphatic carbocycles. The third kappa shape index (κ3) is 5.94. The Labute approximate surface area is 70.4 Å². The maximum absolute atomic E-state index is 10.5. The van der Waals surface area contributed by atoms with Gasteiger partial charge in [-0.15, -0.1) is 0 Å². The number of alkyl halides is 1. The summed E-state index contributed by atoms with van der Waals surface area (Å²) in [7, 11) is 1.52. The van der Waals surface area contributed by atoms with Crippen LogP contribution in [-0.2, 0) is 14.2 Å². The summed E-state index contributed by atoms with van der Waals surface area (Å²) in [6.45, 7) is 2.04. The predicted octanol–water partition coefficient (Wildman–Crippen LogP) is 1.37. The van der Waals surface area contributed by atoms with E-state index in [1.807, 2.05) is 0 Å². The van der Waals surface area contributed by atoms with E-state index in [0.717, 1.165) is 0 Å². The Hall–Kier alpha value is -0.480. The summed E-state index contributed by atoms with van der Waals surface area (Å²) in [5.41, 5.74) is 0. The quantitative estimate of drug-likeness (QED) is 0.487. The number of hydrogen-bond donors (Lipinski definition) is 0. The van der Waals surface area contributed by atoms with E-state index in [1.54, 1.807) is 6.92 Å². The zero-order valence-electron chi connectivity index (χ0n) is 6.50. The van der Waals surface area contributed by atoms with Crippen LogP contribution in [0, 0.1) is 0 Å². The molecule has 0 bridgehead atoms. The summed E-state index contributed by atoms with van der Waals surface area (Å²) < 4.78 is 13.7. The van der Waals surface area contributed by atoms with E-state index in [1.165, 1.54) is 7.11 Å². The number of carbonyl (C=O) groups is 1. The lowest BCUT2D eigenvalue weighted by Crippen LogP contribution is -2.19. The molecule has 0 radical (unpaired) electrons. The molecule has 0 aromatic rings. The molecule has 0 aromatic heterocycles. The van der Waals surface area contributed by atoms with Gasteiger partial charge in [-0.3, -0.25) is 0 Å². The number of halogens is 1. The van der Waals surface area contributed by atoms with Crippen LogP contribution in [0.5, 0.6) is 0 Å². The van der Waals surface area contributed by atoms with Crippen LogP contribution in [0.15, 0.2) is 0 Å². The van der Waals surface area contributed by atoms with Crippen LogP contribution in [0.2, 0.25) is 0 Å². The fraction of sp³-hybridized carbons (Fsp3) is 0.833. The second kappa shape index (κ2) is 6.24. The van der Waals surface area contributed by atoms with Gasteiger partial charge in [-0.25, -0.2) is 4.79 Å². The summed E-state index contributed by atoms with van der Waals surface area (Å²) in [6, 6.07) is -0.196. The third-order valence-electron chi connectivity index (χ3n) is 0.871. The van der Waals surface area contributed by atoms with Crippen LogP contribution >= 0.6 is 11.6 Å². The van der Waals surface area contributed by atoms with Gasteiger partial charge in [0.25, 0.3) is 0 Å². The van der Waals surface area contributed by atoms with Crippen LogP contribution in [0.1, 0.15) is 6.92 Å². The smallest absolute Gasteiger partial charge is 0.429 e. The van der Waals surface area contributed by atoms with Gasteiger partial charge in [0.15, 0.2) is 6.07 Å². The maximum atomic E-state index is 10.5. The van der Waals surface area contributed by atoms with Gasteiger partial charge in [-0.1, -0.05) is 11.6 Å². The number of carbonyl (C=O) groups excluding carboxylic acids is 1. The Morgan fingerprint density at radius 1 is 1.64 bits per heavy atom. The molecule has 5 heteroatoms. The highest BCUT2D eigenvalue weighted by Crippen LogP contribution is 1.95. The Morgan fingerprint density at radius 3 is 2.73 bits per heavy atom. The Morgan fingerprint density at radius 2 is 2.27 bits per heavy atom. The van der Waals surface area contributed by atoms with Gasteiger partial charge in [0.2, 0.25) is 0 Å². The third-order valence-corrected chi connectivity index (χ3v) is 0.980. The minimum absolute atomic E-state index is 0.196. The molecule has 0 spiro atoms. The molecule has 66 valence electrons. The van der Waals surface area contributed by atoms with Crippen molar-refractivity contribution in [2.75, 3.05) is 19.8 Å². The van der Waals surface area contributed by atoms with E-state index < -0.39 is 6.16 Å². The molecule has 0 fully saturated rings. The lowest BCUT2D eigenvalue weighted by molar-refractivity contribution is 0.00790. The summed E-state index contributed by atoms with van der Waals surface area (Å²) >= 11 is 5.10. The number of ether oxygens (including phenoxy) is 3. The van der Waals surface area contributed by atoms with Gasteiger partial charge in [0.1, 0.15) is 6.10 Å². The highest BCUT2D eigenvalue weighted by molar-refractivity contribution is 6.17. The first-order valence-electron chi connectivity index (χ1n) is 3.09. The van der Waals surface area contributed by atoms with E-state index >= 15 is 0 Å². The van der Waals surface area contributed by atoms with Crippen molar-refractivity contribution in [1.82, 2.24) is 0 Å². The fourth-order valence-corrected chi connectivity index (χ4v) is 0.601. The van der Waals surface area contributed by atoms with Crippen molar-refractivity contribution in [3.8, 4) is 0 Å². The Balaban J connectivity index is 3.40. The zero-order valence-corrected chi connectivity index (χ0v) is 7.26. The van der Waals surface area contributed by atoms with Gasteiger partial charge in [-0.05, 0) is 6.92 Å². The van der Waals surface area contributed by atoms with Gasteiger partial charge in [0, 0.05) is 7.11 Å². The Bertz CT molecular complexity index is 117. The van der Waals surface area contributed by atoms with E-state index in [-0.39, 0.29) is 12.2 Å². The molecule has 0 aliphatic rings. The second-order valence-electron chi connectivity index (χ2n) is 1.89. The zero-order chi connectivity index (χ0) is 8.69. The van der Waals surface area contributed by atoms with Crippen LogP contribution in [-0.4, -0.2) is 32.0 Å². The molecular formula is C6H11ClO4. The number of hydrogen-bond acceptors (Lipinski definition) is 4. The molecule has 1 unspecified atom stereocenters. The SMILES string of the molecule is COCC(C)OC(=O)OCCl. The summed E-state index contributed by atoms with van der Waals surface area (Å²) in [5, 5.41) is 0. The minimum atomic E-state index is -0.774. The molecule has 11 heavy (non-hydrogen) atoms. The van der Waals surface area contributed by atoms with Crippen LogP contribution < -0.4 is 0 Å². The van der Waals surface area contributed by atoms with Crippen molar-refractivity contribution in [3.05, 3.63) is 0 Å². The molecular weight excluding hydrogens is 172 g/mol. The molecule has 0 N–H and O–H groups in total. The van der Waals surface area contributed by atoms with E-state index in [2.05, 4.69) is 9.47 Å². The van der Waals surface area contributed by atoms with Crippen molar-refractivity contribution < 1.29 is 19.0 Å². The molecule has 0 rings (SSSR count). The molecule has 1 atom stereocenters. The highest BCUT2D eigenvalue weighted by atomic mass is 35.5. The number of methoxy groups -OCH3 is 1. The summed E-state index contributed by atoms with van der Waals surface area (Å²) in [6.07, 6.45) is -1.08. The topological polar surface area (TPSA) is 44.8 Å². The van der Waals surface area contributed by atoms with Crippen molar-refractivity contribution in [2.24, 2.45) is 0 Å². The predicted molar refractivity (Wildman–Crippen MR) is 39.6 cm³/mol. The van der Waals surface area contributed by atoms with Crippen molar-refractivity contribution in [1.29, 1.82) is 0 Å². The van der Waals surface area contributed by atoms with Crippen LogP contribution in [0.25, 0.3) is 0 Å². The molecule has 0 heterocycles. The maximum Gasteiger partial charge on any atom is 0.509 e. The van der Waals surface area contributed by atoms with E-state index in [4.69, 9.17) is 16.3 Å². The van der Waals surface area contributed by atoms with E-state index in [9.17, 15) is 4.79 Å². The fourth-order valence-electron chi connectivity index (χ4n) is 0.512. The van der Waals surface area contributed by atoms with Crippen molar-refractivity contribution in [2.45, 2.75) is 13.0 Å². The first-order chi connectivity index (χ1) is 5.20. The first kappa shape index (κ1) is 10.5. The Kier molecular flexibility index (Phi) is 5.97. The molecule has 0 saturated heterocycles. The molecule has 0 saturated carbocycles. The highest BCUT2D eigenvalue weighted by Gasteiger charge is 2.08. The van der Waals surface area contributed by atoms with Crippen molar-refractivity contribution >= 4 is 17.8 Å². The average Bonchev–Trinajstić information content (AvgIpc) is 1.87. The van der Waals surface area contributed by atoms with E-state index in [0.29, 0.717) is 6.61 Å². The van der Waals surface area contributed by atoms with Crippen molar-refractivity contribution in [3.63, 3.8) is 0 Å². The van der Waals surface area contributed by atoms with Gasteiger partial charge in [0.05, 0.1) is 6.61 Å². The second-order valence-corrected chi connectivity index (χ2v) is 2.11. The van der Waals surface area contributed by atoms with Gasteiger partial charge >= 0.3 is 6.16 Å². The summed E-state index contributed by atoms with van der Waals surface area (Å²) in [4.78, 5) is 10.5. The van der Waals surface area contributed by atoms with Crippen LogP contribution in [0.4, 0.5) is 4.79 Å². The first-order valence-corrected chi connectivity index (χ1v) is 3.62. The minimum Gasteiger partial charge on any atom is -0.429 e. The molecule has 0 aromatic carbocycles.